The zero-order valence-electron chi connectivity index (χ0n) is 12.1. The monoisotopic (exact) mass is 299 g/mol. The van der Waals surface area contributed by atoms with Gasteiger partial charge in [-0.1, -0.05) is 12.2 Å². The van der Waals surface area contributed by atoms with Gasteiger partial charge in [-0.05, 0) is 29.8 Å². The maximum absolute atomic E-state index is 13.4. The number of nitrogens with zero attached hydrogens (tertiary/aromatic N) is 1. The Hall–Kier alpha value is -3.00. The Balaban J connectivity index is 2.41. The highest BCUT2D eigenvalue weighted by atomic mass is 19.1. The van der Waals surface area contributed by atoms with Gasteiger partial charge in [0.15, 0.2) is 0 Å². The predicted molar refractivity (Wildman–Crippen MR) is 81.3 cm³/mol. The number of aromatic hydroxyl groups is 1. The fourth-order valence-corrected chi connectivity index (χ4v) is 1.94. The molecule has 0 radical (unpaired) electrons. The van der Waals surface area contributed by atoms with Gasteiger partial charge < -0.3 is 14.6 Å². The topological polar surface area (TPSA) is 62.5 Å². The summed E-state index contributed by atoms with van der Waals surface area (Å²) in [6.07, 6.45) is 3.19. The number of hydrogen-bond donors (Lipinski definition) is 1. The summed E-state index contributed by atoms with van der Waals surface area (Å²) < 4.78 is 23.7. The van der Waals surface area contributed by atoms with Gasteiger partial charge in [-0.25, -0.2) is 4.39 Å². The van der Waals surface area contributed by atoms with E-state index < -0.39 is 5.82 Å². The number of hydrogen-bond acceptors (Lipinski definition) is 4. The molecule has 2 rings (SSSR count). The molecule has 2 aromatic rings. The van der Waals surface area contributed by atoms with Crippen molar-refractivity contribution in [2.75, 3.05) is 14.2 Å². The number of rotatable bonds is 4. The van der Waals surface area contributed by atoms with E-state index in [1.807, 2.05) is 0 Å². The molecule has 0 aliphatic rings. The Morgan fingerprint density at radius 1 is 1.05 bits per heavy atom. The van der Waals surface area contributed by atoms with Crippen LogP contribution in [0, 0.1) is 17.1 Å². The van der Waals surface area contributed by atoms with Crippen LogP contribution in [0.5, 0.6) is 17.2 Å². The van der Waals surface area contributed by atoms with E-state index in [9.17, 15) is 9.50 Å². The smallest absolute Gasteiger partial charge is 0.140 e. The number of phenolic OH excluding ortho intramolecular Hbond substituents is 1. The van der Waals surface area contributed by atoms with Crippen molar-refractivity contribution in [3.63, 3.8) is 0 Å². The minimum absolute atomic E-state index is 0.108. The summed E-state index contributed by atoms with van der Waals surface area (Å²) in [4.78, 5) is 0. The highest BCUT2D eigenvalue weighted by Crippen LogP contribution is 2.27. The molecular formula is C17H14FNO3. The lowest BCUT2D eigenvalue weighted by Crippen LogP contribution is -1.88. The molecule has 112 valence electrons. The van der Waals surface area contributed by atoms with Crippen LogP contribution >= 0.6 is 0 Å². The Kier molecular flexibility index (Phi) is 4.64. The van der Waals surface area contributed by atoms with Crippen LogP contribution in [-0.4, -0.2) is 19.3 Å². The van der Waals surface area contributed by atoms with Gasteiger partial charge in [-0.2, -0.15) is 5.26 Å². The van der Waals surface area contributed by atoms with Crippen molar-refractivity contribution < 1.29 is 19.0 Å². The molecule has 0 bridgehead atoms. The molecule has 0 saturated carbocycles. The largest absolute Gasteiger partial charge is 0.506 e. The number of benzene rings is 2. The van der Waals surface area contributed by atoms with Crippen molar-refractivity contribution in [1.82, 2.24) is 0 Å². The Morgan fingerprint density at radius 2 is 1.68 bits per heavy atom. The van der Waals surface area contributed by atoms with E-state index in [0.29, 0.717) is 11.5 Å². The van der Waals surface area contributed by atoms with Gasteiger partial charge in [0.25, 0.3) is 0 Å². The lowest BCUT2D eigenvalue weighted by molar-refractivity contribution is 0.394. The van der Waals surface area contributed by atoms with Gasteiger partial charge in [0.1, 0.15) is 29.1 Å². The molecule has 4 nitrogen and oxygen atoms in total. The van der Waals surface area contributed by atoms with Gasteiger partial charge in [-0.15, -0.1) is 0 Å². The van der Waals surface area contributed by atoms with Crippen LogP contribution in [-0.2, 0) is 0 Å². The fraction of sp³-hybridized carbons (Fsp3) is 0.118. The van der Waals surface area contributed by atoms with Gasteiger partial charge in [0.05, 0.1) is 19.8 Å². The molecule has 2 aromatic carbocycles. The van der Waals surface area contributed by atoms with Gasteiger partial charge in [-0.3, -0.25) is 0 Å². The quantitative estimate of drug-likeness (QED) is 0.876. The Morgan fingerprint density at radius 3 is 2.23 bits per heavy atom. The first-order chi connectivity index (χ1) is 10.6. The van der Waals surface area contributed by atoms with Gasteiger partial charge >= 0.3 is 0 Å². The second-order valence-electron chi connectivity index (χ2n) is 4.48. The minimum atomic E-state index is -0.586. The predicted octanol–water partition coefficient (Wildman–Crippen LogP) is 3.59. The van der Waals surface area contributed by atoms with Gasteiger partial charge in [0.2, 0.25) is 0 Å². The maximum Gasteiger partial charge on any atom is 0.140 e. The third kappa shape index (κ3) is 3.36. The summed E-state index contributed by atoms with van der Waals surface area (Å²) in [6.45, 7) is 0. The molecule has 5 heteroatoms. The fourth-order valence-electron chi connectivity index (χ4n) is 1.94. The third-order valence-corrected chi connectivity index (χ3v) is 3.05. The van der Waals surface area contributed by atoms with E-state index in [2.05, 4.69) is 0 Å². The van der Waals surface area contributed by atoms with Crippen LogP contribution in [0.25, 0.3) is 12.2 Å². The van der Waals surface area contributed by atoms with Crippen molar-refractivity contribution in [3.05, 3.63) is 52.8 Å². The van der Waals surface area contributed by atoms with Crippen LogP contribution in [0.4, 0.5) is 4.39 Å². The van der Waals surface area contributed by atoms with Crippen LogP contribution in [0.1, 0.15) is 16.7 Å². The van der Waals surface area contributed by atoms with Crippen molar-refractivity contribution in [2.24, 2.45) is 0 Å². The normalized spacial score (nSPS) is 10.5. The summed E-state index contributed by atoms with van der Waals surface area (Å²) in [7, 11) is 3.08. The second-order valence-corrected chi connectivity index (χ2v) is 4.48. The molecule has 0 spiro atoms. The standard InChI is InChI=1S/C17H14FNO3/c1-21-15-5-11(6-16(9-15)22-2)3-4-12-7-14(18)8-13(10-19)17(12)20/h3-9,20H,1-2H3/b4-3+. The van der Waals surface area contributed by atoms with Crippen LogP contribution < -0.4 is 9.47 Å². The first-order valence-corrected chi connectivity index (χ1v) is 6.41. The van der Waals surface area contributed by atoms with Gasteiger partial charge in [0, 0.05) is 11.6 Å². The second kappa shape index (κ2) is 6.64. The first kappa shape index (κ1) is 15.4. The molecule has 1 N–H and O–H groups in total. The molecule has 0 saturated heterocycles. The third-order valence-electron chi connectivity index (χ3n) is 3.05. The molecule has 0 aliphatic carbocycles. The first-order valence-electron chi connectivity index (χ1n) is 6.41. The van der Waals surface area contributed by atoms with E-state index in [1.54, 1.807) is 44.6 Å². The lowest BCUT2D eigenvalue weighted by Gasteiger charge is -2.06. The highest BCUT2D eigenvalue weighted by Gasteiger charge is 2.08. The molecule has 0 aromatic heterocycles. The lowest BCUT2D eigenvalue weighted by atomic mass is 10.1. The molecule has 0 atom stereocenters. The molecular weight excluding hydrogens is 285 g/mol. The zero-order chi connectivity index (χ0) is 16.1. The number of halogens is 1. The van der Waals surface area contributed by atoms with Crippen LogP contribution in [0.3, 0.4) is 0 Å². The molecule has 0 amide bonds. The maximum atomic E-state index is 13.4. The summed E-state index contributed by atoms with van der Waals surface area (Å²) >= 11 is 0. The number of ether oxygens (including phenoxy) is 2. The molecule has 22 heavy (non-hydrogen) atoms. The summed E-state index contributed by atoms with van der Waals surface area (Å²) in [6, 6.07) is 9.15. The van der Waals surface area contributed by atoms with E-state index in [1.165, 1.54) is 6.08 Å². The number of phenols is 1. The van der Waals surface area contributed by atoms with Crippen molar-refractivity contribution in [2.45, 2.75) is 0 Å². The Labute approximate surface area is 127 Å². The van der Waals surface area contributed by atoms with E-state index >= 15 is 0 Å². The van der Waals surface area contributed by atoms with Crippen molar-refractivity contribution in [1.29, 1.82) is 5.26 Å². The highest BCUT2D eigenvalue weighted by molar-refractivity contribution is 5.75. The Bertz CT molecular complexity index is 741. The van der Waals surface area contributed by atoms with E-state index in [-0.39, 0.29) is 16.9 Å². The minimum Gasteiger partial charge on any atom is -0.506 e. The number of nitriles is 1. The summed E-state index contributed by atoms with van der Waals surface area (Å²) in [5.74, 6) is 0.382. The molecule has 0 unspecified atom stereocenters. The summed E-state index contributed by atoms with van der Waals surface area (Å²) in [5.41, 5.74) is 0.861. The SMILES string of the molecule is COc1cc(/C=C/c2cc(F)cc(C#N)c2O)cc(OC)c1. The van der Waals surface area contributed by atoms with Crippen molar-refractivity contribution >= 4 is 12.2 Å². The van der Waals surface area contributed by atoms with Crippen LogP contribution in [0.15, 0.2) is 30.3 Å². The molecule has 0 heterocycles. The number of methoxy groups -OCH3 is 2. The van der Waals surface area contributed by atoms with E-state index in [0.717, 1.165) is 17.7 Å². The molecule has 0 aliphatic heterocycles. The average Bonchev–Trinajstić information content (AvgIpc) is 2.54. The van der Waals surface area contributed by atoms with E-state index in [4.69, 9.17) is 14.7 Å². The van der Waals surface area contributed by atoms with Crippen LogP contribution in [0.2, 0.25) is 0 Å². The van der Waals surface area contributed by atoms with Crippen molar-refractivity contribution in [3.8, 4) is 23.3 Å². The zero-order valence-corrected chi connectivity index (χ0v) is 12.1. The average molecular weight is 299 g/mol. The summed E-state index contributed by atoms with van der Waals surface area (Å²) in [5, 5.41) is 18.8. The molecule has 0 fully saturated rings.